The molecule has 1 saturated heterocycles. The molecular formula is C22H23FN4O3S2. The van der Waals surface area contributed by atoms with Crippen molar-refractivity contribution in [3.8, 4) is 0 Å². The van der Waals surface area contributed by atoms with Crippen LogP contribution < -0.4 is 5.32 Å². The molecule has 0 aliphatic carbocycles. The summed E-state index contributed by atoms with van der Waals surface area (Å²) < 4.78 is 41.6. The van der Waals surface area contributed by atoms with E-state index in [1.54, 1.807) is 13.8 Å². The number of carbonyl (C=O) groups excluding carboxylic acids is 1. The van der Waals surface area contributed by atoms with E-state index in [2.05, 4.69) is 15.5 Å². The highest BCUT2D eigenvalue weighted by Crippen LogP contribution is 2.39. The third-order valence-corrected chi connectivity index (χ3v) is 8.63. The first kappa shape index (κ1) is 22.5. The Morgan fingerprint density at radius 2 is 1.78 bits per heavy atom. The topological polar surface area (TPSA) is 92.3 Å². The lowest BCUT2D eigenvalue weighted by molar-refractivity contribution is 0.102. The van der Waals surface area contributed by atoms with Gasteiger partial charge in [0.2, 0.25) is 15.0 Å². The summed E-state index contributed by atoms with van der Waals surface area (Å²) in [5.41, 5.74) is 2.87. The van der Waals surface area contributed by atoms with E-state index in [4.69, 9.17) is 0 Å². The van der Waals surface area contributed by atoms with Crippen LogP contribution in [0.3, 0.4) is 0 Å². The molecule has 1 aliphatic rings. The van der Waals surface area contributed by atoms with Crippen molar-refractivity contribution in [3.05, 3.63) is 68.9 Å². The minimum atomic E-state index is -3.74. The summed E-state index contributed by atoms with van der Waals surface area (Å²) in [5.74, 6) is -0.874. The standard InChI is InChI=1S/C22H23FN4O3S2/c1-13-11-14(2)19(15(3)12-13)32(29,30)27-10-4-5-18(27)21-25-26-22(31-21)20(28)24-17-8-6-16(23)7-9-17/h6-9,11-12,18H,4-5,10H2,1-3H3,(H,24,28)/t18-/m1/s1. The Hall–Kier alpha value is -2.69. The normalized spacial score (nSPS) is 16.9. The molecule has 0 unspecified atom stereocenters. The van der Waals surface area contributed by atoms with Gasteiger partial charge in [0.15, 0.2) is 0 Å². The summed E-state index contributed by atoms with van der Waals surface area (Å²) in [6, 6.07) is 8.67. The van der Waals surface area contributed by atoms with Gasteiger partial charge in [-0.2, -0.15) is 4.31 Å². The molecule has 10 heteroatoms. The number of hydrogen-bond donors (Lipinski definition) is 1. The van der Waals surface area contributed by atoms with E-state index in [0.717, 1.165) is 16.9 Å². The van der Waals surface area contributed by atoms with Crippen molar-refractivity contribution in [3.63, 3.8) is 0 Å². The van der Waals surface area contributed by atoms with Crippen molar-refractivity contribution in [2.75, 3.05) is 11.9 Å². The van der Waals surface area contributed by atoms with Crippen LogP contribution in [0.5, 0.6) is 0 Å². The quantitative estimate of drug-likeness (QED) is 0.592. The molecular weight excluding hydrogens is 451 g/mol. The van der Waals surface area contributed by atoms with Gasteiger partial charge in [-0.1, -0.05) is 29.0 Å². The minimum Gasteiger partial charge on any atom is -0.320 e. The fourth-order valence-electron chi connectivity index (χ4n) is 4.14. The average Bonchev–Trinajstić information content (AvgIpc) is 3.38. The molecule has 3 aromatic rings. The molecule has 168 valence electrons. The molecule has 2 heterocycles. The van der Waals surface area contributed by atoms with Crippen LogP contribution in [0.1, 0.15) is 50.4 Å². The van der Waals surface area contributed by atoms with Gasteiger partial charge in [0, 0.05) is 12.2 Å². The maximum atomic E-state index is 13.6. The smallest absolute Gasteiger partial charge is 0.286 e. The molecule has 1 N–H and O–H groups in total. The number of nitrogens with one attached hydrogen (secondary N) is 1. The third kappa shape index (κ3) is 4.30. The van der Waals surface area contributed by atoms with Gasteiger partial charge in [0.05, 0.1) is 10.9 Å². The number of nitrogens with zero attached hydrogens (tertiary/aromatic N) is 3. The van der Waals surface area contributed by atoms with Gasteiger partial charge in [-0.15, -0.1) is 10.2 Å². The largest absolute Gasteiger partial charge is 0.320 e. The number of carbonyl (C=O) groups is 1. The molecule has 1 atom stereocenters. The summed E-state index contributed by atoms with van der Waals surface area (Å²) in [4.78, 5) is 12.8. The molecule has 1 aromatic heterocycles. The predicted octanol–water partition coefficient (Wildman–Crippen LogP) is 4.38. The van der Waals surface area contributed by atoms with Gasteiger partial charge < -0.3 is 5.32 Å². The van der Waals surface area contributed by atoms with Gasteiger partial charge in [0.25, 0.3) is 5.91 Å². The molecule has 2 aromatic carbocycles. The van der Waals surface area contributed by atoms with E-state index in [9.17, 15) is 17.6 Å². The van der Waals surface area contributed by atoms with Gasteiger partial charge in [-0.25, -0.2) is 12.8 Å². The Morgan fingerprint density at radius 3 is 2.44 bits per heavy atom. The second-order valence-corrected chi connectivity index (χ2v) is 10.7. The highest BCUT2D eigenvalue weighted by Gasteiger charge is 2.39. The van der Waals surface area contributed by atoms with Crippen LogP contribution in [0.2, 0.25) is 0 Å². The summed E-state index contributed by atoms with van der Waals surface area (Å²) >= 11 is 1.07. The summed E-state index contributed by atoms with van der Waals surface area (Å²) in [6.45, 7) is 5.94. The van der Waals surface area contributed by atoms with Gasteiger partial charge in [-0.3, -0.25) is 4.79 Å². The first-order chi connectivity index (χ1) is 15.2. The molecule has 1 fully saturated rings. The number of rotatable bonds is 5. The van der Waals surface area contributed by atoms with Crippen molar-refractivity contribution in [1.29, 1.82) is 0 Å². The highest BCUT2D eigenvalue weighted by atomic mass is 32.2. The van der Waals surface area contributed by atoms with Crippen LogP contribution >= 0.6 is 11.3 Å². The lowest BCUT2D eigenvalue weighted by Crippen LogP contribution is -2.31. The van der Waals surface area contributed by atoms with Crippen LogP contribution in [0, 0.1) is 26.6 Å². The molecule has 1 aliphatic heterocycles. The van der Waals surface area contributed by atoms with Crippen LogP contribution in [-0.4, -0.2) is 35.4 Å². The third-order valence-electron chi connectivity index (χ3n) is 5.40. The zero-order chi connectivity index (χ0) is 23.0. The van der Waals surface area contributed by atoms with Crippen LogP contribution in [0.15, 0.2) is 41.3 Å². The maximum absolute atomic E-state index is 13.6. The van der Waals surface area contributed by atoms with Crippen LogP contribution in [-0.2, 0) is 10.0 Å². The Kier molecular flexibility index (Phi) is 6.11. The van der Waals surface area contributed by atoms with Crippen LogP contribution in [0.4, 0.5) is 10.1 Å². The first-order valence-electron chi connectivity index (χ1n) is 10.2. The second kappa shape index (κ2) is 8.68. The average molecular weight is 475 g/mol. The predicted molar refractivity (Wildman–Crippen MR) is 121 cm³/mol. The van der Waals surface area contributed by atoms with Gasteiger partial charge in [-0.05, 0) is 69.0 Å². The number of halogens is 1. The van der Waals surface area contributed by atoms with E-state index in [-0.39, 0.29) is 5.01 Å². The molecule has 4 rings (SSSR count). The number of aryl methyl sites for hydroxylation is 3. The van der Waals surface area contributed by atoms with Crippen molar-refractivity contribution < 1.29 is 17.6 Å². The number of amides is 1. The monoisotopic (exact) mass is 474 g/mol. The molecule has 0 spiro atoms. The number of hydrogen-bond acceptors (Lipinski definition) is 6. The number of anilines is 1. The fraction of sp³-hybridized carbons (Fsp3) is 0.318. The van der Waals surface area contributed by atoms with Crippen molar-refractivity contribution in [2.24, 2.45) is 0 Å². The molecule has 32 heavy (non-hydrogen) atoms. The molecule has 0 saturated carbocycles. The highest BCUT2D eigenvalue weighted by molar-refractivity contribution is 7.89. The zero-order valence-corrected chi connectivity index (χ0v) is 19.6. The van der Waals surface area contributed by atoms with Crippen molar-refractivity contribution >= 4 is 33.0 Å². The van der Waals surface area contributed by atoms with Gasteiger partial charge >= 0.3 is 0 Å². The Balaban J connectivity index is 1.59. The SMILES string of the molecule is Cc1cc(C)c(S(=O)(=O)N2CCC[C@@H]2c2nnc(C(=O)Nc3ccc(F)cc3)s2)c(C)c1. The van der Waals surface area contributed by atoms with Crippen LogP contribution in [0.25, 0.3) is 0 Å². The second-order valence-electron chi connectivity index (χ2n) is 7.91. The summed E-state index contributed by atoms with van der Waals surface area (Å²) in [5, 5.41) is 11.4. The molecule has 0 radical (unpaired) electrons. The van der Waals surface area contributed by atoms with E-state index < -0.39 is 27.8 Å². The van der Waals surface area contributed by atoms with Gasteiger partial charge in [0.1, 0.15) is 10.8 Å². The Bertz CT molecular complexity index is 1250. The lowest BCUT2D eigenvalue weighted by Gasteiger charge is -2.24. The minimum absolute atomic E-state index is 0.122. The molecule has 1 amide bonds. The number of sulfonamides is 1. The first-order valence-corrected chi connectivity index (χ1v) is 12.4. The lowest BCUT2D eigenvalue weighted by atomic mass is 10.1. The molecule has 0 bridgehead atoms. The fourth-order valence-corrected chi connectivity index (χ4v) is 7.17. The van der Waals surface area contributed by atoms with E-state index in [1.807, 2.05) is 19.1 Å². The molecule has 7 nitrogen and oxygen atoms in total. The zero-order valence-electron chi connectivity index (χ0n) is 17.9. The summed E-state index contributed by atoms with van der Waals surface area (Å²) in [7, 11) is -3.74. The number of benzene rings is 2. The van der Waals surface area contributed by atoms with E-state index in [0.29, 0.717) is 46.1 Å². The maximum Gasteiger partial charge on any atom is 0.286 e. The Labute approximate surface area is 190 Å². The van der Waals surface area contributed by atoms with Crippen molar-refractivity contribution in [1.82, 2.24) is 14.5 Å². The summed E-state index contributed by atoms with van der Waals surface area (Å²) in [6.07, 6.45) is 1.31. The van der Waals surface area contributed by atoms with E-state index >= 15 is 0 Å². The van der Waals surface area contributed by atoms with Crippen molar-refractivity contribution in [2.45, 2.75) is 44.6 Å². The Morgan fingerprint density at radius 1 is 1.12 bits per heavy atom. The van der Waals surface area contributed by atoms with E-state index in [1.165, 1.54) is 28.6 Å². The number of aromatic nitrogens is 2.